The lowest BCUT2D eigenvalue weighted by molar-refractivity contribution is -0.137. The van der Waals surface area contributed by atoms with Crippen molar-refractivity contribution in [2.45, 2.75) is 50.1 Å². The average Bonchev–Trinajstić information content (AvgIpc) is 3.67. The summed E-state index contributed by atoms with van der Waals surface area (Å²) in [4.78, 5) is 45.9. The van der Waals surface area contributed by atoms with Gasteiger partial charge in [0.15, 0.2) is 5.78 Å². The van der Waals surface area contributed by atoms with E-state index in [0.29, 0.717) is 58.4 Å². The van der Waals surface area contributed by atoms with E-state index < -0.39 is 16.9 Å². The maximum Gasteiger partial charge on any atom is 0.251 e. The summed E-state index contributed by atoms with van der Waals surface area (Å²) in [7, 11) is 0. The molecule has 2 spiro atoms. The van der Waals surface area contributed by atoms with Gasteiger partial charge in [-0.05, 0) is 86.3 Å². The molecule has 2 N–H and O–H groups in total. The van der Waals surface area contributed by atoms with E-state index in [1.165, 1.54) is 0 Å². The van der Waals surface area contributed by atoms with Crippen molar-refractivity contribution in [2.24, 2.45) is 5.92 Å². The molecule has 7 nitrogen and oxygen atoms in total. The van der Waals surface area contributed by atoms with Crippen LogP contribution in [0.15, 0.2) is 60.7 Å². The lowest BCUT2D eigenvalue weighted by Crippen LogP contribution is -2.62. The number of fused-ring (bicyclic) bond motifs is 7. The summed E-state index contributed by atoms with van der Waals surface area (Å²) in [6, 6.07) is 17.9. The Morgan fingerprint density at radius 1 is 1.05 bits per heavy atom. The van der Waals surface area contributed by atoms with Crippen LogP contribution < -0.4 is 15.4 Å². The minimum absolute atomic E-state index is 0.150. The summed E-state index contributed by atoms with van der Waals surface area (Å²) in [6.07, 6.45) is 2.41. The number of aryl methyl sites for hydroxylation is 1. The molecular weight excluding hydrogens is 526 g/mol. The Morgan fingerprint density at radius 3 is 2.60 bits per heavy atom. The first-order chi connectivity index (χ1) is 19.3. The van der Waals surface area contributed by atoms with Crippen molar-refractivity contribution in [2.75, 3.05) is 23.8 Å². The van der Waals surface area contributed by atoms with Gasteiger partial charge in [0, 0.05) is 33.6 Å². The van der Waals surface area contributed by atoms with Crippen molar-refractivity contribution in [1.82, 2.24) is 4.90 Å². The Hall–Kier alpha value is -3.68. The minimum Gasteiger partial charge on any atom is -0.494 e. The molecular formula is C32H30ClN3O4. The number of ketones is 1. The molecule has 40 heavy (non-hydrogen) atoms. The highest BCUT2D eigenvalue weighted by atomic mass is 35.5. The normalized spacial score (nSPS) is 28.0. The fourth-order valence-corrected chi connectivity index (χ4v) is 8.20. The number of hydrogen-bond donors (Lipinski definition) is 2. The number of nitrogens with one attached hydrogen (secondary N) is 2. The molecule has 4 heterocycles. The molecule has 3 aromatic carbocycles. The number of benzene rings is 3. The quantitative estimate of drug-likeness (QED) is 0.409. The summed E-state index contributed by atoms with van der Waals surface area (Å²) >= 11 is 6.62. The van der Waals surface area contributed by atoms with E-state index in [4.69, 9.17) is 16.3 Å². The topological polar surface area (TPSA) is 87.7 Å². The Kier molecular flexibility index (Phi) is 5.64. The first kappa shape index (κ1) is 25.3. The van der Waals surface area contributed by atoms with Gasteiger partial charge < -0.3 is 15.4 Å². The average molecular weight is 556 g/mol. The second-order valence-electron chi connectivity index (χ2n) is 11.2. The molecule has 8 heteroatoms. The van der Waals surface area contributed by atoms with Gasteiger partial charge in [-0.2, -0.15) is 0 Å². The Bertz CT molecular complexity index is 1590. The second kappa shape index (κ2) is 8.91. The number of hydrogen-bond acceptors (Lipinski definition) is 5. The molecule has 0 bridgehead atoms. The van der Waals surface area contributed by atoms with Crippen LogP contribution >= 0.6 is 11.6 Å². The number of nitrogens with zero attached hydrogens (tertiary/aromatic N) is 1. The Morgan fingerprint density at radius 2 is 1.82 bits per heavy atom. The van der Waals surface area contributed by atoms with Crippen molar-refractivity contribution in [1.29, 1.82) is 0 Å². The van der Waals surface area contributed by atoms with E-state index in [9.17, 15) is 14.4 Å². The van der Waals surface area contributed by atoms with Gasteiger partial charge in [-0.1, -0.05) is 36.7 Å². The number of ether oxygens (including phenoxy) is 1. The van der Waals surface area contributed by atoms with Crippen LogP contribution in [0.5, 0.6) is 5.75 Å². The molecule has 3 aromatic rings. The van der Waals surface area contributed by atoms with Crippen molar-refractivity contribution in [3.63, 3.8) is 0 Å². The highest BCUT2D eigenvalue weighted by Gasteiger charge is 2.81. The zero-order valence-electron chi connectivity index (χ0n) is 22.4. The number of carbonyl (C=O) groups is 3. The van der Waals surface area contributed by atoms with Crippen molar-refractivity contribution in [3.05, 3.63) is 87.9 Å². The van der Waals surface area contributed by atoms with Gasteiger partial charge in [-0.3, -0.25) is 19.3 Å². The number of Topliss-reactive ketones (excluding diaryl/α,β-unsaturated/α-hetero) is 1. The number of carbonyl (C=O) groups excluding carboxylic acids is 3. The lowest BCUT2D eigenvalue weighted by Gasteiger charge is -2.43. The van der Waals surface area contributed by atoms with E-state index in [0.717, 1.165) is 18.4 Å². The molecule has 4 aliphatic rings. The number of amides is 2. The standard InChI is InChI=1S/C32H30ClN3O4/c1-3-15-40-21-12-10-19(11-13-21)28(37)26-25-9-6-14-36(25)32(23-17-20(33)16-18(2)27(23)35-30(32)39)31(26)22-7-4-5-8-24(22)34-29(31)38/h4-5,7-8,10-13,16-17,25-26H,3,6,9,14-15H2,1-2H3,(H,34,38)(H,35,39)/t25-,26-,31+,32+/m0/s1. The van der Waals surface area contributed by atoms with Crippen molar-refractivity contribution in [3.8, 4) is 5.75 Å². The number of rotatable bonds is 5. The third-order valence-corrected chi connectivity index (χ3v) is 9.48. The van der Waals surface area contributed by atoms with Crippen LogP contribution in [0.3, 0.4) is 0 Å². The first-order valence-electron chi connectivity index (χ1n) is 13.9. The number of anilines is 2. The SMILES string of the molecule is CCCOc1ccc(C(=O)[C@@H]2[C@@H]3CCCN3[C@]3(C(=O)Nc4c(C)cc(Cl)cc43)[C@@]23C(=O)Nc2ccccc23)cc1. The van der Waals surface area contributed by atoms with E-state index >= 15 is 0 Å². The fourth-order valence-electron chi connectivity index (χ4n) is 7.93. The first-order valence-corrected chi connectivity index (χ1v) is 14.3. The largest absolute Gasteiger partial charge is 0.494 e. The molecule has 2 fully saturated rings. The number of halogens is 1. The molecule has 2 amide bonds. The van der Waals surface area contributed by atoms with E-state index in [-0.39, 0.29) is 23.6 Å². The maximum atomic E-state index is 14.7. The van der Waals surface area contributed by atoms with Crippen molar-refractivity contribution < 1.29 is 19.1 Å². The van der Waals surface area contributed by atoms with E-state index in [2.05, 4.69) is 15.5 Å². The summed E-state index contributed by atoms with van der Waals surface area (Å²) in [5, 5.41) is 6.68. The molecule has 0 aromatic heterocycles. The third kappa shape index (κ3) is 3.02. The van der Waals surface area contributed by atoms with Gasteiger partial charge >= 0.3 is 0 Å². The zero-order valence-corrected chi connectivity index (χ0v) is 23.2. The monoisotopic (exact) mass is 555 g/mol. The predicted molar refractivity (Wildman–Crippen MR) is 153 cm³/mol. The van der Waals surface area contributed by atoms with Gasteiger partial charge in [0.25, 0.3) is 5.91 Å². The summed E-state index contributed by atoms with van der Waals surface area (Å²) in [6.45, 7) is 5.12. The second-order valence-corrected chi connectivity index (χ2v) is 11.7. The molecule has 0 aliphatic carbocycles. The van der Waals surface area contributed by atoms with Gasteiger partial charge in [0.2, 0.25) is 5.91 Å². The molecule has 204 valence electrons. The summed E-state index contributed by atoms with van der Waals surface area (Å²) < 4.78 is 5.74. The van der Waals surface area contributed by atoms with E-state index in [1.807, 2.05) is 44.2 Å². The fraction of sp³-hybridized carbons (Fsp3) is 0.344. The van der Waals surface area contributed by atoms with Gasteiger partial charge in [0.05, 0.1) is 12.5 Å². The zero-order chi connectivity index (χ0) is 27.8. The van der Waals surface area contributed by atoms with Crippen LogP contribution in [0.1, 0.15) is 53.2 Å². The highest BCUT2D eigenvalue weighted by Crippen LogP contribution is 2.68. The summed E-state index contributed by atoms with van der Waals surface area (Å²) in [5.41, 5.74) is 1.04. The van der Waals surface area contributed by atoms with Crippen LogP contribution in [0.25, 0.3) is 0 Å². The van der Waals surface area contributed by atoms with E-state index in [1.54, 1.807) is 30.3 Å². The Balaban J connectivity index is 1.50. The van der Waals surface area contributed by atoms with Gasteiger partial charge in [-0.15, -0.1) is 0 Å². The minimum atomic E-state index is -1.49. The number of para-hydroxylation sites is 1. The smallest absolute Gasteiger partial charge is 0.251 e. The molecule has 0 unspecified atom stereocenters. The van der Waals surface area contributed by atoms with Gasteiger partial charge in [0.1, 0.15) is 16.7 Å². The van der Waals surface area contributed by atoms with Crippen LogP contribution in [0.4, 0.5) is 11.4 Å². The highest BCUT2D eigenvalue weighted by molar-refractivity contribution is 6.31. The molecule has 4 aliphatic heterocycles. The van der Waals surface area contributed by atoms with Crippen molar-refractivity contribution >= 4 is 40.6 Å². The van der Waals surface area contributed by atoms with Crippen LogP contribution in [-0.2, 0) is 20.5 Å². The maximum absolute atomic E-state index is 14.7. The van der Waals surface area contributed by atoms with Crippen LogP contribution in [0.2, 0.25) is 5.02 Å². The summed E-state index contributed by atoms with van der Waals surface area (Å²) in [5.74, 6) is -0.869. The van der Waals surface area contributed by atoms with Gasteiger partial charge in [-0.25, -0.2) is 0 Å². The van der Waals surface area contributed by atoms with Crippen LogP contribution in [-0.4, -0.2) is 41.7 Å². The molecule has 4 atom stereocenters. The third-order valence-electron chi connectivity index (χ3n) is 9.26. The lowest BCUT2D eigenvalue weighted by atomic mass is 9.57. The molecule has 2 saturated heterocycles. The molecule has 0 radical (unpaired) electrons. The predicted octanol–water partition coefficient (Wildman–Crippen LogP) is 5.45. The Labute approximate surface area is 237 Å². The molecule has 0 saturated carbocycles. The van der Waals surface area contributed by atoms with Crippen LogP contribution in [0, 0.1) is 12.8 Å². The molecule has 7 rings (SSSR count).